The topological polar surface area (TPSA) is 63.0 Å². The predicted octanol–water partition coefficient (Wildman–Crippen LogP) is 5.77. The van der Waals surface area contributed by atoms with Gasteiger partial charge in [-0.15, -0.1) is 10.2 Å². The van der Waals surface area contributed by atoms with Crippen LogP contribution in [0.5, 0.6) is 0 Å². The van der Waals surface area contributed by atoms with Crippen LogP contribution in [0.2, 0.25) is 5.02 Å². The molecule has 1 fully saturated rings. The minimum atomic E-state index is -4.57. The molecule has 1 aromatic carbocycles. The second-order valence-electron chi connectivity index (χ2n) is 10.00. The Morgan fingerprint density at radius 1 is 0.947 bits per heavy atom. The monoisotopic (exact) mass is 559 g/mol. The molecule has 5 rings (SSSR count). The zero-order chi connectivity index (χ0) is 27.5. The van der Waals surface area contributed by atoms with E-state index in [0.29, 0.717) is 53.9 Å². The highest BCUT2D eigenvalue weighted by atomic mass is 35.5. The van der Waals surface area contributed by atoms with Gasteiger partial charge in [0.05, 0.1) is 12.2 Å². The van der Waals surface area contributed by atoms with Crippen molar-refractivity contribution >= 4 is 17.5 Å². The van der Waals surface area contributed by atoms with Gasteiger partial charge < -0.3 is 4.90 Å². The van der Waals surface area contributed by atoms with Crippen LogP contribution in [0.3, 0.4) is 0 Å². The summed E-state index contributed by atoms with van der Waals surface area (Å²) in [5.41, 5.74) is -1.86. The van der Waals surface area contributed by atoms with E-state index in [1.54, 1.807) is 27.7 Å². The zero-order valence-electron chi connectivity index (χ0n) is 20.5. The molecule has 0 unspecified atom stereocenters. The molecule has 0 N–H and O–H groups in total. The highest BCUT2D eigenvalue weighted by Gasteiger charge is 2.52. The van der Waals surface area contributed by atoms with Gasteiger partial charge in [0.25, 0.3) is 0 Å². The van der Waals surface area contributed by atoms with Crippen LogP contribution >= 0.6 is 11.6 Å². The Bertz CT molecular complexity index is 1330. The van der Waals surface area contributed by atoms with Gasteiger partial charge >= 0.3 is 12.4 Å². The number of hydrogen-bond donors (Lipinski definition) is 0. The van der Waals surface area contributed by atoms with Crippen molar-refractivity contribution in [1.82, 2.24) is 29.6 Å². The second kappa shape index (κ2) is 9.37. The molecule has 2 aliphatic heterocycles. The van der Waals surface area contributed by atoms with Crippen LogP contribution in [0.15, 0.2) is 30.5 Å². The molecular formula is C24H24ClF6N7. The number of rotatable bonds is 3. The van der Waals surface area contributed by atoms with Crippen LogP contribution in [0.4, 0.5) is 32.3 Å². The number of fused-ring (bicyclic) bond motifs is 3. The van der Waals surface area contributed by atoms with Gasteiger partial charge in [-0.05, 0) is 56.5 Å². The molecule has 0 bridgehead atoms. The van der Waals surface area contributed by atoms with Gasteiger partial charge in [0.15, 0.2) is 5.82 Å². The van der Waals surface area contributed by atoms with E-state index in [9.17, 15) is 26.3 Å². The van der Waals surface area contributed by atoms with E-state index in [1.165, 1.54) is 4.90 Å². The largest absolute Gasteiger partial charge is 0.433 e. The van der Waals surface area contributed by atoms with Crippen LogP contribution < -0.4 is 4.90 Å². The summed E-state index contributed by atoms with van der Waals surface area (Å²) in [5.74, 6) is 0.856. The number of piperidine rings is 1. The van der Waals surface area contributed by atoms with E-state index in [1.807, 2.05) is 0 Å². The lowest BCUT2D eigenvalue weighted by Gasteiger charge is -2.38. The maximum Gasteiger partial charge on any atom is 0.433 e. The van der Waals surface area contributed by atoms with Gasteiger partial charge in [-0.1, -0.05) is 11.6 Å². The number of anilines is 1. The fourth-order valence-electron chi connectivity index (χ4n) is 4.86. The molecular weight excluding hydrogens is 536 g/mol. The molecule has 0 atom stereocenters. The molecule has 1 saturated heterocycles. The normalized spacial score (nSPS) is 17.8. The number of aromatic nitrogens is 5. The Morgan fingerprint density at radius 3 is 2.32 bits per heavy atom. The fourth-order valence-corrected chi connectivity index (χ4v) is 5.06. The van der Waals surface area contributed by atoms with Gasteiger partial charge in [0, 0.05) is 36.8 Å². The lowest BCUT2D eigenvalue weighted by atomic mass is 9.95. The first-order valence-corrected chi connectivity index (χ1v) is 12.3. The maximum atomic E-state index is 14.0. The predicted molar refractivity (Wildman–Crippen MR) is 127 cm³/mol. The number of nitrogens with zero attached hydrogens (tertiary/aromatic N) is 7. The molecule has 0 amide bonds. The summed E-state index contributed by atoms with van der Waals surface area (Å²) in [6.45, 7) is 2.97. The summed E-state index contributed by atoms with van der Waals surface area (Å²) in [5, 5.41) is 9.07. The first-order valence-electron chi connectivity index (χ1n) is 12.0. The van der Waals surface area contributed by atoms with Crippen molar-refractivity contribution in [3.05, 3.63) is 58.4 Å². The van der Waals surface area contributed by atoms with Crippen LogP contribution in [0, 0.1) is 0 Å². The molecule has 4 heterocycles. The summed E-state index contributed by atoms with van der Waals surface area (Å²) in [4.78, 5) is 10.7. The quantitative estimate of drug-likeness (QED) is 0.380. The van der Waals surface area contributed by atoms with Gasteiger partial charge in [0.2, 0.25) is 5.95 Å². The smallest absolute Gasteiger partial charge is 0.341 e. The SMILES string of the molecule is CC(C)(N1Cc2cc(Cl)ccc2-n2c(nnc2C2CCN(c3nccc(C(F)(F)F)n3)CC2)C1)C(F)(F)F. The van der Waals surface area contributed by atoms with Crippen molar-refractivity contribution < 1.29 is 26.3 Å². The Kier molecular flexibility index (Phi) is 6.57. The Balaban J connectivity index is 1.44. The molecule has 0 saturated carbocycles. The van der Waals surface area contributed by atoms with Crippen molar-refractivity contribution in [3.8, 4) is 5.69 Å². The van der Waals surface area contributed by atoms with Crippen LogP contribution in [0.25, 0.3) is 5.69 Å². The fraction of sp³-hybridized carbons (Fsp3) is 0.500. The number of hydrogen-bond acceptors (Lipinski definition) is 6. The molecule has 204 valence electrons. The summed E-state index contributed by atoms with van der Waals surface area (Å²) in [6, 6.07) is 5.91. The van der Waals surface area contributed by atoms with E-state index >= 15 is 0 Å². The van der Waals surface area contributed by atoms with Crippen LogP contribution in [0.1, 0.15) is 55.5 Å². The van der Waals surface area contributed by atoms with Crippen molar-refractivity contribution in [3.63, 3.8) is 0 Å². The van der Waals surface area contributed by atoms with E-state index in [2.05, 4.69) is 20.2 Å². The molecule has 14 heteroatoms. The average Bonchev–Trinajstić information content (AvgIpc) is 3.18. The van der Waals surface area contributed by atoms with Gasteiger partial charge in [-0.3, -0.25) is 9.47 Å². The molecule has 3 aromatic rings. The van der Waals surface area contributed by atoms with Crippen LogP contribution in [-0.2, 0) is 19.3 Å². The summed E-state index contributed by atoms with van der Waals surface area (Å²) in [7, 11) is 0. The molecule has 38 heavy (non-hydrogen) atoms. The molecule has 0 radical (unpaired) electrons. The molecule has 0 spiro atoms. The lowest BCUT2D eigenvalue weighted by molar-refractivity contribution is -0.224. The molecule has 2 aliphatic rings. The molecule has 0 aliphatic carbocycles. The Labute approximate surface area is 219 Å². The van der Waals surface area contributed by atoms with E-state index in [-0.39, 0.29) is 25.0 Å². The van der Waals surface area contributed by atoms with E-state index < -0.39 is 23.6 Å². The molecule has 2 aromatic heterocycles. The van der Waals surface area contributed by atoms with Crippen LogP contribution in [-0.4, -0.2) is 54.4 Å². The summed E-state index contributed by atoms with van der Waals surface area (Å²) in [6.07, 6.45) is -6.91. The first kappa shape index (κ1) is 26.7. The second-order valence-corrected chi connectivity index (χ2v) is 10.4. The van der Waals surface area contributed by atoms with Gasteiger partial charge in [-0.2, -0.15) is 26.3 Å². The highest BCUT2D eigenvalue weighted by molar-refractivity contribution is 6.30. The Morgan fingerprint density at radius 2 is 1.66 bits per heavy atom. The number of halogens is 7. The average molecular weight is 560 g/mol. The number of benzene rings is 1. The minimum Gasteiger partial charge on any atom is -0.341 e. The maximum absolute atomic E-state index is 14.0. The summed E-state index contributed by atoms with van der Waals surface area (Å²) < 4.78 is 82.9. The van der Waals surface area contributed by atoms with E-state index in [0.717, 1.165) is 26.1 Å². The van der Waals surface area contributed by atoms with Crippen molar-refractivity contribution in [2.45, 2.75) is 63.6 Å². The van der Waals surface area contributed by atoms with Crippen molar-refractivity contribution in [2.75, 3.05) is 18.0 Å². The lowest BCUT2D eigenvalue weighted by Crippen LogP contribution is -2.53. The number of alkyl halides is 6. The third-order valence-corrected chi connectivity index (χ3v) is 7.53. The van der Waals surface area contributed by atoms with Gasteiger partial charge in [-0.25, -0.2) is 9.97 Å². The van der Waals surface area contributed by atoms with E-state index in [4.69, 9.17) is 11.6 Å². The van der Waals surface area contributed by atoms with Crippen molar-refractivity contribution in [1.29, 1.82) is 0 Å². The Hall–Kier alpha value is -2.93. The first-order chi connectivity index (χ1) is 17.8. The third-order valence-electron chi connectivity index (χ3n) is 7.29. The third kappa shape index (κ3) is 4.81. The standard InChI is InChI=1S/C24H24ClF6N7/c1-22(2,24(29,30)31)37-12-15-11-16(25)3-4-17(15)38-19(13-37)34-35-20(38)14-6-9-36(10-7-14)21-32-8-5-18(33-21)23(26,27)28/h3-5,8,11,14H,6-7,9-10,12-13H2,1-2H3. The van der Waals surface area contributed by atoms with Gasteiger partial charge in [0.1, 0.15) is 17.1 Å². The van der Waals surface area contributed by atoms with Crippen molar-refractivity contribution in [2.24, 2.45) is 0 Å². The highest BCUT2D eigenvalue weighted by Crippen LogP contribution is 2.40. The zero-order valence-corrected chi connectivity index (χ0v) is 21.2. The molecule has 7 nitrogen and oxygen atoms in total. The minimum absolute atomic E-state index is 0.00311. The summed E-state index contributed by atoms with van der Waals surface area (Å²) >= 11 is 6.22.